The third-order valence-electron chi connectivity index (χ3n) is 7.79. The number of nitrogens with zero attached hydrogens (tertiary/aromatic N) is 4. The average molecular weight is 615 g/mol. The molecule has 2 aromatic heterocycles. The lowest BCUT2D eigenvalue weighted by molar-refractivity contribution is 0.00704. The number of benzene rings is 4. The van der Waals surface area contributed by atoms with Crippen LogP contribution in [0, 0.1) is 6.92 Å². The van der Waals surface area contributed by atoms with Crippen LogP contribution in [-0.2, 0) is 24.8 Å². The molecule has 0 N–H and O–H groups in total. The summed E-state index contributed by atoms with van der Waals surface area (Å²) >= 11 is 0. The Hall–Kier alpha value is -4.71. The van der Waals surface area contributed by atoms with Crippen LogP contribution in [0.4, 0.5) is 0 Å². The van der Waals surface area contributed by atoms with Crippen molar-refractivity contribution in [1.29, 1.82) is 0 Å². The Balaban J connectivity index is 0.00000134. The molecule has 0 bridgehead atoms. The molecule has 0 fully saturated rings. The van der Waals surface area contributed by atoms with Crippen LogP contribution in [0.1, 0.15) is 81.7 Å². The summed E-state index contributed by atoms with van der Waals surface area (Å²) in [6.45, 7) is 14.9. The Labute approximate surface area is 273 Å². The Morgan fingerprint density at radius 2 is 1.50 bits per heavy atom. The molecule has 4 aromatic carbocycles. The van der Waals surface area contributed by atoms with E-state index < -0.39 is 5.60 Å². The maximum atomic E-state index is 12.9. The molecular formula is C40H46N4O2. The average Bonchev–Trinajstić information content (AvgIpc) is 3.54. The topological polar surface area (TPSA) is 61.9 Å². The van der Waals surface area contributed by atoms with E-state index in [4.69, 9.17) is 14.7 Å². The smallest absolute Gasteiger partial charge is 0.339 e. The number of fused-ring (bicyclic) bond motifs is 2. The second-order valence-electron chi connectivity index (χ2n) is 13.0. The lowest BCUT2D eigenvalue weighted by Crippen LogP contribution is -2.24. The van der Waals surface area contributed by atoms with Gasteiger partial charge in [0.15, 0.2) is 0 Å². The molecule has 0 aliphatic rings. The van der Waals surface area contributed by atoms with Crippen LogP contribution in [0.15, 0.2) is 84.9 Å². The molecule has 0 unspecified atom stereocenters. The van der Waals surface area contributed by atoms with Crippen molar-refractivity contribution in [1.82, 2.24) is 19.1 Å². The summed E-state index contributed by atoms with van der Waals surface area (Å²) in [5, 5.41) is 0. The molecule has 0 aliphatic carbocycles. The van der Waals surface area contributed by atoms with E-state index in [2.05, 4.69) is 98.5 Å². The second-order valence-corrected chi connectivity index (χ2v) is 13.0. The Morgan fingerprint density at radius 1 is 0.826 bits per heavy atom. The van der Waals surface area contributed by atoms with E-state index in [-0.39, 0.29) is 5.97 Å². The number of ether oxygens (including phenoxy) is 1. The van der Waals surface area contributed by atoms with Crippen molar-refractivity contribution in [3.8, 4) is 22.5 Å². The van der Waals surface area contributed by atoms with Crippen LogP contribution < -0.4 is 0 Å². The van der Waals surface area contributed by atoms with E-state index in [1.807, 2.05) is 51.1 Å². The first-order chi connectivity index (χ1) is 22.0. The summed E-state index contributed by atoms with van der Waals surface area (Å²) < 4.78 is 10.2. The number of carbonyl (C=O) groups excluding carboxylic acids is 1. The molecule has 0 amide bonds. The van der Waals surface area contributed by atoms with Gasteiger partial charge in [0, 0.05) is 25.6 Å². The third-order valence-corrected chi connectivity index (χ3v) is 7.79. The van der Waals surface area contributed by atoms with E-state index >= 15 is 0 Å². The highest BCUT2D eigenvalue weighted by atomic mass is 16.6. The van der Waals surface area contributed by atoms with Gasteiger partial charge in [0.25, 0.3) is 0 Å². The number of carbonyl (C=O) groups is 1. The van der Waals surface area contributed by atoms with E-state index in [1.165, 1.54) is 12.0 Å². The van der Waals surface area contributed by atoms with Gasteiger partial charge in [0.2, 0.25) is 0 Å². The highest BCUT2D eigenvalue weighted by molar-refractivity contribution is 5.97. The van der Waals surface area contributed by atoms with Crippen LogP contribution in [0.2, 0.25) is 0 Å². The van der Waals surface area contributed by atoms with E-state index in [0.29, 0.717) is 12.1 Å². The molecule has 2 heterocycles. The summed E-state index contributed by atoms with van der Waals surface area (Å²) in [5.41, 5.74) is 9.52. The van der Waals surface area contributed by atoms with Crippen molar-refractivity contribution in [3.05, 3.63) is 107 Å². The maximum Gasteiger partial charge on any atom is 0.339 e. The van der Waals surface area contributed by atoms with E-state index in [0.717, 1.165) is 68.8 Å². The summed E-state index contributed by atoms with van der Waals surface area (Å²) in [7, 11) is 2.08. The minimum Gasteiger partial charge on any atom is -0.456 e. The minimum absolute atomic E-state index is 0.312. The standard InChI is InChI=1S/C37H38N4O2.C3H8/c1-7-12-33-39-34-24(2)21-27(35-38-30-15-10-11-16-31(30)40(35)6)22-32(34)41(33)23-25-17-19-26(20-18-25)28-13-8-9-14-29(28)36(42)43-37(3,4)5;1-3-2/h8-11,13-22H,7,12,23H2,1-6H3;3H2,1-2H3. The number of hydrogen-bond donors (Lipinski definition) is 0. The van der Waals surface area contributed by atoms with Gasteiger partial charge < -0.3 is 13.9 Å². The summed E-state index contributed by atoms with van der Waals surface area (Å²) in [5.74, 6) is 1.72. The number of rotatable bonds is 7. The van der Waals surface area contributed by atoms with Crippen LogP contribution in [-0.4, -0.2) is 30.7 Å². The Kier molecular flexibility index (Phi) is 9.76. The van der Waals surface area contributed by atoms with Gasteiger partial charge >= 0.3 is 5.97 Å². The van der Waals surface area contributed by atoms with E-state index in [1.54, 1.807) is 0 Å². The van der Waals surface area contributed by atoms with Crippen molar-refractivity contribution in [2.45, 2.75) is 79.9 Å². The first-order valence-corrected chi connectivity index (χ1v) is 16.4. The molecule has 6 heteroatoms. The summed E-state index contributed by atoms with van der Waals surface area (Å²) in [4.78, 5) is 23.0. The van der Waals surface area contributed by atoms with Crippen LogP contribution in [0.5, 0.6) is 0 Å². The molecule has 0 saturated carbocycles. The quantitative estimate of drug-likeness (QED) is 0.168. The predicted octanol–water partition coefficient (Wildman–Crippen LogP) is 9.94. The van der Waals surface area contributed by atoms with Crippen molar-refractivity contribution in [2.24, 2.45) is 7.05 Å². The normalized spacial score (nSPS) is 11.5. The number of esters is 1. The lowest BCUT2D eigenvalue weighted by atomic mass is 9.98. The largest absolute Gasteiger partial charge is 0.456 e. The molecule has 0 atom stereocenters. The molecule has 0 aliphatic heterocycles. The predicted molar refractivity (Wildman–Crippen MR) is 190 cm³/mol. The van der Waals surface area contributed by atoms with Crippen LogP contribution in [0.25, 0.3) is 44.6 Å². The molecule has 6 nitrogen and oxygen atoms in total. The van der Waals surface area contributed by atoms with Gasteiger partial charge in [-0.25, -0.2) is 14.8 Å². The Bertz CT molecular complexity index is 1970. The number of hydrogen-bond acceptors (Lipinski definition) is 4. The molecule has 6 aromatic rings. The molecule has 0 radical (unpaired) electrons. The maximum absolute atomic E-state index is 12.9. The zero-order valence-electron chi connectivity index (χ0n) is 28.5. The van der Waals surface area contributed by atoms with Gasteiger partial charge in [-0.1, -0.05) is 81.8 Å². The molecule has 0 spiro atoms. The van der Waals surface area contributed by atoms with Gasteiger partial charge in [0.05, 0.1) is 27.6 Å². The number of aryl methyl sites for hydroxylation is 3. The fraction of sp³-hybridized carbons (Fsp3) is 0.325. The number of imidazole rings is 2. The van der Waals surface area contributed by atoms with Crippen molar-refractivity contribution >= 4 is 28.0 Å². The Morgan fingerprint density at radius 3 is 2.17 bits per heavy atom. The highest BCUT2D eigenvalue weighted by Crippen LogP contribution is 2.31. The van der Waals surface area contributed by atoms with Gasteiger partial charge in [-0.15, -0.1) is 0 Å². The molecule has 238 valence electrons. The molecular weight excluding hydrogens is 568 g/mol. The lowest BCUT2D eigenvalue weighted by Gasteiger charge is -2.20. The zero-order chi connectivity index (χ0) is 33.0. The van der Waals surface area contributed by atoms with E-state index in [9.17, 15) is 4.79 Å². The van der Waals surface area contributed by atoms with Gasteiger partial charge in [-0.05, 0) is 86.7 Å². The summed E-state index contributed by atoms with van der Waals surface area (Å²) in [6, 6.07) is 28.8. The van der Waals surface area contributed by atoms with Crippen LogP contribution >= 0.6 is 0 Å². The highest BCUT2D eigenvalue weighted by Gasteiger charge is 2.21. The minimum atomic E-state index is -0.556. The van der Waals surface area contributed by atoms with Crippen molar-refractivity contribution in [3.63, 3.8) is 0 Å². The zero-order valence-corrected chi connectivity index (χ0v) is 28.5. The fourth-order valence-electron chi connectivity index (χ4n) is 5.78. The first-order valence-electron chi connectivity index (χ1n) is 16.4. The molecule has 6 rings (SSSR count). The third kappa shape index (κ3) is 6.91. The molecule has 0 saturated heterocycles. The van der Waals surface area contributed by atoms with Gasteiger partial charge in [-0.2, -0.15) is 0 Å². The second kappa shape index (κ2) is 13.7. The van der Waals surface area contributed by atoms with Crippen molar-refractivity contribution < 1.29 is 9.53 Å². The number of aromatic nitrogens is 4. The van der Waals surface area contributed by atoms with Gasteiger partial charge in [0.1, 0.15) is 17.2 Å². The number of para-hydroxylation sites is 2. The molecule has 46 heavy (non-hydrogen) atoms. The first kappa shape index (κ1) is 32.7. The van der Waals surface area contributed by atoms with Crippen molar-refractivity contribution in [2.75, 3.05) is 0 Å². The fourth-order valence-corrected chi connectivity index (χ4v) is 5.78. The SMILES string of the molecule is CCC.CCCc1nc2c(C)cc(-c3nc4ccccc4n3C)cc2n1Cc1ccc(-c2ccccc2C(=O)OC(C)(C)C)cc1. The van der Waals surface area contributed by atoms with Crippen LogP contribution in [0.3, 0.4) is 0 Å². The summed E-state index contributed by atoms with van der Waals surface area (Å²) in [6.07, 6.45) is 3.16. The van der Waals surface area contributed by atoms with Gasteiger partial charge in [-0.3, -0.25) is 0 Å². The monoisotopic (exact) mass is 614 g/mol.